The molecule has 27 heavy (non-hydrogen) atoms. The zero-order valence-electron chi connectivity index (χ0n) is 14.2. The second-order valence-electron chi connectivity index (χ2n) is 6.05. The fourth-order valence-corrected chi connectivity index (χ4v) is 5.00. The Morgan fingerprint density at radius 1 is 1.33 bits per heavy atom. The predicted molar refractivity (Wildman–Crippen MR) is 108 cm³/mol. The molecule has 0 aliphatic heterocycles. The molecule has 3 aromatic rings. The van der Waals surface area contributed by atoms with Crippen LogP contribution in [0.4, 0.5) is 5.13 Å². The van der Waals surface area contributed by atoms with Crippen LogP contribution in [0.25, 0.3) is 11.3 Å². The molecule has 6 nitrogen and oxygen atoms in total. The molecule has 1 unspecified atom stereocenters. The Hall–Kier alpha value is -2.28. The number of rotatable bonds is 8. The third kappa shape index (κ3) is 4.53. The smallest absolute Gasteiger partial charge is 0.206 e. The maximum Gasteiger partial charge on any atom is 0.206 e. The molecule has 2 heterocycles. The summed E-state index contributed by atoms with van der Waals surface area (Å²) in [6.45, 7) is 0. The van der Waals surface area contributed by atoms with Gasteiger partial charge in [0.2, 0.25) is 5.13 Å². The standard InChI is InChI=1S/C18H15N5OS3/c19-8-13(16-21-14(9-25-16)11-4-2-1-3-5-11)15(24)10-26-18-23-22-17(27-18)20-12-6-7-12/h1-5,9,12-13H,6-7,10H2,(H,20,22). The SMILES string of the molecule is N#CC(C(=O)CSc1nnc(NC2CC2)s1)c1nc(-c2ccccc2)cs1. The molecule has 1 saturated carbocycles. The van der Waals surface area contributed by atoms with Gasteiger partial charge in [0.05, 0.1) is 17.5 Å². The van der Waals surface area contributed by atoms with Crippen LogP contribution in [0.15, 0.2) is 40.1 Å². The highest BCUT2D eigenvalue weighted by atomic mass is 32.2. The number of nitrogens with zero attached hydrogens (tertiary/aromatic N) is 4. The Balaban J connectivity index is 1.38. The molecule has 1 aliphatic carbocycles. The van der Waals surface area contributed by atoms with E-state index in [0.717, 1.165) is 20.7 Å². The zero-order chi connectivity index (χ0) is 18.6. The highest BCUT2D eigenvalue weighted by molar-refractivity contribution is 8.01. The molecule has 1 aromatic carbocycles. The van der Waals surface area contributed by atoms with Crippen molar-refractivity contribution in [2.24, 2.45) is 0 Å². The largest absolute Gasteiger partial charge is 0.357 e. The Bertz CT molecular complexity index is 974. The molecule has 9 heteroatoms. The number of carbonyl (C=O) groups is 1. The van der Waals surface area contributed by atoms with Crippen LogP contribution in [0.5, 0.6) is 0 Å². The summed E-state index contributed by atoms with van der Waals surface area (Å²) in [5.74, 6) is -0.836. The number of nitrogens with one attached hydrogen (secondary N) is 1. The third-order valence-electron chi connectivity index (χ3n) is 3.94. The number of ketones is 1. The van der Waals surface area contributed by atoms with Gasteiger partial charge in [-0.05, 0) is 12.8 Å². The van der Waals surface area contributed by atoms with Crippen LogP contribution in [0.3, 0.4) is 0 Å². The number of aromatic nitrogens is 3. The van der Waals surface area contributed by atoms with Crippen molar-refractivity contribution >= 4 is 45.4 Å². The Labute approximate surface area is 168 Å². The maximum atomic E-state index is 12.6. The van der Waals surface area contributed by atoms with Crippen molar-refractivity contribution in [3.63, 3.8) is 0 Å². The number of benzene rings is 1. The van der Waals surface area contributed by atoms with Crippen LogP contribution in [0.2, 0.25) is 0 Å². The quantitative estimate of drug-likeness (QED) is 0.553. The van der Waals surface area contributed by atoms with E-state index in [9.17, 15) is 10.1 Å². The van der Waals surface area contributed by atoms with E-state index in [1.54, 1.807) is 0 Å². The first-order valence-corrected chi connectivity index (χ1v) is 11.1. The van der Waals surface area contributed by atoms with Gasteiger partial charge in [-0.2, -0.15) is 5.26 Å². The van der Waals surface area contributed by atoms with Gasteiger partial charge in [-0.3, -0.25) is 4.79 Å². The summed E-state index contributed by atoms with van der Waals surface area (Å²) >= 11 is 4.11. The van der Waals surface area contributed by atoms with Crippen LogP contribution < -0.4 is 5.32 Å². The minimum absolute atomic E-state index is 0.164. The topological polar surface area (TPSA) is 91.6 Å². The lowest BCUT2D eigenvalue weighted by molar-refractivity contribution is -0.116. The Kier molecular flexibility index (Phi) is 5.48. The summed E-state index contributed by atoms with van der Waals surface area (Å²) in [5, 5.41) is 24.2. The van der Waals surface area contributed by atoms with E-state index in [0.29, 0.717) is 11.0 Å². The molecule has 0 radical (unpaired) electrons. The lowest BCUT2D eigenvalue weighted by atomic mass is 10.1. The average Bonchev–Trinajstić information content (AvgIpc) is 3.18. The lowest BCUT2D eigenvalue weighted by Crippen LogP contribution is -2.13. The first-order chi connectivity index (χ1) is 13.2. The van der Waals surface area contributed by atoms with E-state index < -0.39 is 5.92 Å². The Morgan fingerprint density at radius 2 is 2.15 bits per heavy atom. The number of Topliss-reactive ketones (excluding diaryl/α,β-unsaturated/α-hetero) is 1. The van der Waals surface area contributed by atoms with Gasteiger partial charge in [-0.25, -0.2) is 4.98 Å². The number of carbonyl (C=O) groups excluding carboxylic acids is 1. The van der Waals surface area contributed by atoms with Crippen LogP contribution in [0.1, 0.15) is 23.8 Å². The van der Waals surface area contributed by atoms with E-state index in [1.165, 1.54) is 47.3 Å². The van der Waals surface area contributed by atoms with Crippen LogP contribution >= 0.6 is 34.4 Å². The van der Waals surface area contributed by atoms with E-state index >= 15 is 0 Å². The predicted octanol–water partition coefficient (Wildman–Crippen LogP) is 4.20. The normalized spacial score (nSPS) is 14.5. The molecule has 4 rings (SSSR count). The van der Waals surface area contributed by atoms with Crippen molar-refractivity contribution in [3.8, 4) is 17.3 Å². The molecular formula is C18H15N5OS3. The van der Waals surface area contributed by atoms with Crippen LogP contribution in [-0.2, 0) is 4.79 Å². The molecule has 2 aromatic heterocycles. The summed E-state index contributed by atoms with van der Waals surface area (Å²) in [6, 6.07) is 12.3. The van der Waals surface area contributed by atoms with Crippen molar-refractivity contribution in [2.45, 2.75) is 29.1 Å². The molecule has 0 bridgehead atoms. The first-order valence-electron chi connectivity index (χ1n) is 8.39. The summed E-state index contributed by atoms with van der Waals surface area (Å²) < 4.78 is 0.729. The number of anilines is 1. The summed E-state index contributed by atoms with van der Waals surface area (Å²) in [5.41, 5.74) is 1.76. The van der Waals surface area contributed by atoms with Crippen molar-refractivity contribution in [2.75, 3.05) is 11.1 Å². The highest BCUT2D eigenvalue weighted by Gasteiger charge is 2.25. The molecule has 1 fully saturated rings. The minimum atomic E-state index is -0.850. The fraction of sp³-hybridized carbons (Fsp3) is 0.278. The number of hydrogen-bond acceptors (Lipinski definition) is 9. The van der Waals surface area contributed by atoms with Gasteiger partial charge in [-0.1, -0.05) is 53.4 Å². The monoisotopic (exact) mass is 413 g/mol. The Morgan fingerprint density at radius 3 is 2.89 bits per heavy atom. The van der Waals surface area contributed by atoms with Crippen molar-refractivity contribution in [1.82, 2.24) is 15.2 Å². The lowest BCUT2D eigenvalue weighted by Gasteiger charge is -2.03. The molecule has 1 N–H and O–H groups in total. The number of hydrogen-bond donors (Lipinski definition) is 1. The fourth-order valence-electron chi connectivity index (χ4n) is 2.37. The number of nitriles is 1. The van der Waals surface area contributed by atoms with E-state index in [1.807, 2.05) is 35.7 Å². The zero-order valence-corrected chi connectivity index (χ0v) is 16.6. The van der Waals surface area contributed by atoms with E-state index in [2.05, 4.69) is 26.6 Å². The summed E-state index contributed by atoms with van der Waals surface area (Å²) in [4.78, 5) is 17.1. The van der Waals surface area contributed by atoms with Gasteiger partial charge in [-0.15, -0.1) is 21.5 Å². The van der Waals surface area contributed by atoms with Gasteiger partial charge in [0, 0.05) is 17.0 Å². The van der Waals surface area contributed by atoms with Crippen molar-refractivity contribution in [3.05, 3.63) is 40.7 Å². The summed E-state index contributed by atoms with van der Waals surface area (Å²) in [6.07, 6.45) is 2.34. The van der Waals surface area contributed by atoms with Crippen molar-refractivity contribution in [1.29, 1.82) is 5.26 Å². The molecule has 1 atom stereocenters. The van der Waals surface area contributed by atoms with E-state index in [4.69, 9.17) is 0 Å². The second kappa shape index (κ2) is 8.17. The van der Waals surface area contributed by atoms with Gasteiger partial charge in [0.25, 0.3) is 0 Å². The third-order valence-corrected chi connectivity index (χ3v) is 6.86. The molecule has 136 valence electrons. The second-order valence-corrected chi connectivity index (χ2v) is 9.14. The van der Waals surface area contributed by atoms with Gasteiger partial charge in [0.15, 0.2) is 16.0 Å². The molecule has 0 saturated heterocycles. The molecule has 0 spiro atoms. The summed E-state index contributed by atoms with van der Waals surface area (Å²) in [7, 11) is 0. The molecule has 1 aliphatic rings. The van der Waals surface area contributed by atoms with Crippen molar-refractivity contribution < 1.29 is 4.79 Å². The number of thioether (sulfide) groups is 1. The molecule has 0 amide bonds. The van der Waals surface area contributed by atoms with Crippen LogP contribution in [-0.4, -0.2) is 32.8 Å². The number of thiazole rings is 1. The first kappa shape index (κ1) is 18.1. The molecular weight excluding hydrogens is 398 g/mol. The average molecular weight is 414 g/mol. The van der Waals surface area contributed by atoms with Gasteiger partial charge in [0.1, 0.15) is 5.01 Å². The van der Waals surface area contributed by atoms with Crippen LogP contribution in [0, 0.1) is 11.3 Å². The van der Waals surface area contributed by atoms with Gasteiger partial charge >= 0.3 is 0 Å². The maximum absolute atomic E-state index is 12.6. The van der Waals surface area contributed by atoms with Gasteiger partial charge < -0.3 is 5.32 Å². The minimum Gasteiger partial charge on any atom is -0.357 e. The highest BCUT2D eigenvalue weighted by Crippen LogP contribution is 2.32. The van der Waals surface area contributed by atoms with E-state index in [-0.39, 0.29) is 11.5 Å².